The van der Waals surface area contributed by atoms with Crippen molar-refractivity contribution in [2.45, 2.75) is 64.3 Å². The molecule has 3 aromatic rings. The number of anilines is 2. The van der Waals surface area contributed by atoms with Crippen molar-refractivity contribution in [2.24, 2.45) is 5.92 Å². The van der Waals surface area contributed by atoms with Crippen molar-refractivity contribution in [3.05, 3.63) is 47.5 Å². The molecule has 39 heavy (non-hydrogen) atoms. The van der Waals surface area contributed by atoms with E-state index in [1.807, 2.05) is 38.4 Å². The summed E-state index contributed by atoms with van der Waals surface area (Å²) in [6.07, 6.45) is 13.8. The molecule has 0 bridgehead atoms. The smallest absolute Gasteiger partial charge is 0.192 e. The molecule has 5 rings (SSSR count). The molecule has 4 heterocycles. The van der Waals surface area contributed by atoms with Crippen molar-refractivity contribution in [1.82, 2.24) is 14.9 Å². The van der Waals surface area contributed by atoms with Gasteiger partial charge in [0.05, 0.1) is 0 Å². The molecule has 0 amide bonds. The van der Waals surface area contributed by atoms with Crippen LogP contribution in [0.15, 0.2) is 34.9 Å². The molecule has 0 aromatic carbocycles. The Morgan fingerprint density at radius 3 is 2.26 bits per heavy atom. The SMILES string of the molecule is CNc1c(C=O)oc2ccc(C#N)nc12.CNc1ccc(C)cn1.O=CC1CCCC(N2CCCC2)CCC1. The minimum absolute atomic E-state index is 0.190. The minimum atomic E-state index is 0.190. The summed E-state index contributed by atoms with van der Waals surface area (Å²) in [4.78, 5) is 32.3. The fraction of sp³-hybridized carbons (Fsp3) is 0.500. The third-order valence-electron chi connectivity index (χ3n) is 7.27. The van der Waals surface area contributed by atoms with Crippen LogP contribution in [0.2, 0.25) is 0 Å². The molecule has 2 aliphatic rings. The Balaban J connectivity index is 0.000000167. The number of likely N-dealkylation sites (tertiary alicyclic amines) is 1. The largest absolute Gasteiger partial charge is 0.449 e. The van der Waals surface area contributed by atoms with Crippen molar-refractivity contribution in [1.29, 1.82) is 5.26 Å². The van der Waals surface area contributed by atoms with Crippen molar-refractivity contribution < 1.29 is 14.0 Å². The number of carbonyl (C=O) groups is 2. The number of nitrogens with zero attached hydrogens (tertiary/aromatic N) is 4. The van der Waals surface area contributed by atoms with Crippen molar-refractivity contribution in [3.63, 3.8) is 0 Å². The summed E-state index contributed by atoms with van der Waals surface area (Å²) in [5.74, 6) is 1.47. The van der Waals surface area contributed by atoms with Crippen LogP contribution in [0.3, 0.4) is 0 Å². The highest BCUT2D eigenvalue weighted by Crippen LogP contribution is 2.28. The van der Waals surface area contributed by atoms with Gasteiger partial charge in [-0.1, -0.05) is 18.9 Å². The number of hydrogen-bond donors (Lipinski definition) is 2. The van der Waals surface area contributed by atoms with Crippen LogP contribution in [0.1, 0.15) is 73.2 Å². The highest BCUT2D eigenvalue weighted by molar-refractivity contribution is 5.97. The van der Waals surface area contributed by atoms with E-state index in [0.717, 1.165) is 24.7 Å². The number of carbonyl (C=O) groups excluding carboxylic acids is 2. The first-order valence-electron chi connectivity index (χ1n) is 13.8. The zero-order valence-corrected chi connectivity index (χ0v) is 23.3. The van der Waals surface area contributed by atoms with E-state index in [1.54, 1.807) is 19.2 Å². The Morgan fingerprint density at radius 1 is 1.00 bits per heavy atom. The number of furan rings is 1. The zero-order chi connectivity index (χ0) is 28.0. The highest BCUT2D eigenvalue weighted by Gasteiger charge is 2.23. The molecule has 1 aliphatic heterocycles. The van der Waals surface area contributed by atoms with Crippen molar-refractivity contribution >= 4 is 35.2 Å². The highest BCUT2D eigenvalue weighted by atomic mass is 16.3. The second-order valence-corrected chi connectivity index (χ2v) is 9.99. The average molecular weight is 533 g/mol. The Bertz CT molecular complexity index is 1220. The zero-order valence-electron chi connectivity index (χ0n) is 23.3. The maximum atomic E-state index is 10.8. The number of fused-ring (bicyclic) bond motifs is 1. The average Bonchev–Trinajstić information content (AvgIpc) is 3.62. The summed E-state index contributed by atoms with van der Waals surface area (Å²) in [6, 6.07) is 9.90. The van der Waals surface area contributed by atoms with E-state index in [0.29, 0.717) is 29.0 Å². The van der Waals surface area contributed by atoms with E-state index in [1.165, 1.54) is 63.5 Å². The van der Waals surface area contributed by atoms with Crippen LogP contribution in [0, 0.1) is 24.2 Å². The van der Waals surface area contributed by atoms with Gasteiger partial charge >= 0.3 is 0 Å². The second-order valence-electron chi connectivity index (χ2n) is 9.99. The number of nitrogens with one attached hydrogen (secondary N) is 2. The van der Waals surface area contributed by atoms with Gasteiger partial charge in [0.2, 0.25) is 0 Å². The maximum absolute atomic E-state index is 10.8. The quantitative estimate of drug-likeness (QED) is 0.404. The molecule has 0 spiro atoms. The molecular weight excluding hydrogens is 492 g/mol. The van der Waals surface area contributed by atoms with Crippen LogP contribution in [-0.2, 0) is 4.79 Å². The van der Waals surface area contributed by atoms with Gasteiger partial charge < -0.3 is 24.7 Å². The summed E-state index contributed by atoms with van der Waals surface area (Å²) in [5, 5.41) is 14.5. The fourth-order valence-corrected chi connectivity index (χ4v) is 5.12. The molecule has 1 saturated heterocycles. The van der Waals surface area contributed by atoms with E-state index in [2.05, 4.69) is 25.5 Å². The van der Waals surface area contributed by atoms with E-state index in [4.69, 9.17) is 9.68 Å². The number of nitriles is 1. The second kappa shape index (κ2) is 15.6. The summed E-state index contributed by atoms with van der Waals surface area (Å²) < 4.78 is 5.24. The Hall–Kier alpha value is -3.77. The van der Waals surface area contributed by atoms with Gasteiger partial charge in [0.25, 0.3) is 0 Å². The molecule has 1 aliphatic carbocycles. The number of aldehydes is 2. The predicted octanol–water partition coefficient (Wildman–Crippen LogP) is 5.61. The molecule has 3 aromatic heterocycles. The summed E-state index contributed by atoms with van der Waals surface area (Å²) >= 11 is 0. The van der Waals surface area contributed by atoms with Crippen LogP contribution in [0.25, 0.3) is 11.1 Å². The molecule has 1 saturated carbocycles. The molecular formula is C30H40N6O3. The van der Waals surface area contributed by atoms with Crippen LogP contribution in [0.4, 0.5) is 11.5 Å². The van der Waals surface area contributed by atoms with Crippen molar-refractivity contribution in [2.75, 3.05) is 37.8 Å². The molecule has 9 heteroatoms. The van der Waals surface area contributed by atoms with Crippen LogP contribution >= 0.6 is 0 Å². The maximum Gasteiger partial charge on any atom is 0.192 e. The fourth-order valence-electron chi connectivity index (χ4n) is 5.12. The molecule has 2 N–H and O–H groups in total. The Morgan fingerprint density at radius 2 is 1.72 bits per heavy atom. The topological polar surface area (TPSA) is 124 Å². The Kier molecular flexibility index (Phi) is 11.9. The molecule has 208 valence electrons. The lowest BCUT2D eigenvalue weighted by Gasteiger charge is -2.30. The van der Waals surface area contributed by atoms with Gasteiger partial charge in [-0.2, -0.15) is 5.26 Å². The first kappa shape index (κ1) is 29.8. The normalized spacial score (nSPS) is 19.2. The number of rotatable bonds is 5. The summed E-state index contributed by atoms with van der Waals surface area (Å²) in [7, 11) is 3.52. The first-order valence-corrected chi connectivity index (χ1v) is 13.8. The first-order chi connectivity index (χ1) is 19.0. The molecule has 0 atom stereocenters. The van der Waals surface area contributed by atoms with Crippen LogP contribution in [0.5, 0.6) is 0 Å². The van der Waals surface area contributed by atoms with Gasteiger partial charge in [-0.15, -0.1) is 0 Å². The molecule has 2 fully saturated rings. The van der Waals surface area contributed by atoms with Gasteiger partial charge in [-0.25, -0.2) is 9.97 Å². The lowest BCUT2D eigenvalue weighted by Crippen LogP contribution is -2.33. The number of aryl methyl sites for hydroxylation is 1. The monoisotopic (exact) mass is 532 g/mol. The predicted molar refractivity (Wildman–Crippen MR) is 154 cm³/mol. The van der Waals surface area contributed by atoms with Crippen molar-refractivity contribution in [3.8, 4) is 6.07 Å². The minimum Gasteiger partial charge on any atom is -0.449 e. The lowest BCUT2D eigenvalue weighted by molar-refractivity contribution is -0.111. The number of pyridine rings is 2. The van der Waals surface area contributed by atoms with Gasteiger partial charge in [-0.05, 0) is 82.3 Å². The summed E-state index contributed by atoms with van der Waals surface area (Å²) in [6.45, 7) is 4.66. The van der Waals surface area contributed by atoms with Crippen LogP contribution < -0.4 is 10.6 Å². The third kappa shape index (κ3) is 8.62. The van der Waals surface area contributed by atoms with Gasteiger partial charge in [0.15, 0.2) is 17.6 Å². The number of hydrogen-bond acceptors (Lipinski definition) is 9. The molecule has 0 unspecified atom stereocenters. The van der Waals surface area contributed by atoms with E-state index in [9.17, 15) is 9.59 Å². The van der Waals surface area contributed by atoms with E-state index in [-0.39, 0.29) is 11.5 Å². The van der Waals surface area contributed by atoms with Gasteiger partial charge in [0, 0.05) is 32.3 Å². The van der Waals surface area contributed by atoms with Gasteiger partial charge in [0.1, 0.15) is 35.1 Å². The summed E-state index contributed by atoms with van der Waals surface area (Å²) in [5.41, 5.74) is 2.97. The van der Waals surface area contributed by atoms with E-state index >= 15 is 0 Å². The molecule has 0 radical (unpaired) electrons. The van der Waals surface area contributed by atoms with Gasteiger partial charge in [-0.3, -0.25) is 4.79 Å². The van der Waals surface area contributed by atoms with E-state index < -0.39 is 0 Å². The Labute approximate surface area is 231 Å². The lowest BCUT2D eigenvalue weighted by atomic mass is 9.89. The van der Waals surface area contributed by atoms with Crippen LogP contribution in [-0.4, -0.2) is 60.7 Å². The standard InChI is InChI=1S/C13H23NO.C10H7N3O2.C7H10N2/c15-11-12-5-3-7-13(8-4-6-12)14-9-1-2-10-14;1-12-9-8(5-14)15-7-3-2-6(4-11)13-10(7)9;1-6-3-4-7(8-2)9-5-6/h11-13H,1-10H2;2-3,5,12H,1H3;3-5H,1-2H3,(H,8,9). The third-order valence-corrected chi connectivity index (χ3v) is 7.27. The number of aromatic nitrogens is 2. The molecule has 9 nitrogen and oxygen atoms in total.